The van der Waals surface area contributed by atoms with E-state index in [4.69, 9.17) is 9.47 Å². The summed E-state index contributed by atoms with van der Waals surface area (Å²) in [7, 11) is -2.00. The number of nitrogens with zero attached hydrogens (tertiary/aromatic N) is 3. The lowest BCUT2D eigenvalue weighted by Gasteiger charge is -2.31. The second-order valence-corrected chi connectivity index (χ2v) is 19.1. The summed E-state index contributed by atoms with van der Waals surface area (Å²) in [6, 6.07) is 34.2. The van der Waals surface area contributed by atoms with Gasteiger partial charge in [0.1, 0.15) is 5.75 Å². The Kier molecular flexibility index (Phi) is 9.35. The van der Waals surface area contributed by atoms with Gasteiger partial charge < -0.3 is 28.5 Å². The second-order valence-electron chi connectivity index (χ2n) is 15.3. The molecule has 0 saturated carbocycles. The molecule has 0 radical (unpaired) electrons. The first-order chi connectivity index (χ1) is 26.5. The van der Waals surface area contributed by atoms with Crippen LogP contribution in [-0.4, -0.2) is 62.5 Å². The van der Waals surface area contributed by atoms with Crippen molar-refractivity contribution in [3.05, 3.63) is 131 Å². The van der Waals surface area contributed by atoms with Crippen LogP contribution in [-0.2, 0) is 33.0 Å². The fourth-order valence-electron chi connectivity index (χ4n) is 9.13. The number of ether oxygens (including phenoxy) is 2. The number of methoxy groups -OCH3 is 1. The van der Waals surface area contributed by atoms with Crippen LogP contribution in [0.2, 0.25) is 18.6 Å². The van der Waals surface area contributed by atoms with Crippen LogP contribution in [0.25, 0.3) is 10.8 Å². The lowest BCUT2D eigenvalue weighted by Crippen LogP contribution is -2.45. The van der Waals surface area contributed by atoms with Crippen molar-refractivity contribution >= 4 is 54.0 Å². The van der Waals surface area contributed by atoms with Crippen LogP contribution in [0.3, 0.4) is 0 Å². The van der Waals surface area contributed by atoms with Gasteiger partial charge in [-0.3, -0.25) is 19.3 Å². The van der Waals surface area contributed by atoms with Gasteiger partial charge in [0.25, 0.3) is 11.8 Å². The number of anilines is 3. The lowest BCUT2D eigenvalue weighted by molar-refractivity contribution is -0.150. The molecule has 3 heterocycles. The first-order valence-corrected chi connectivity index (χ1v) is 21.7. The van der Waals surface area contributed by atoms with Crippen molar-refractivity contribution in [1.29, 1.82) is 0 Å². The van der Waals surface area contributed by atoms with E-state index in [-0.39, 0.29) is 50.4 Å². The van der Waals surface area contributed by atoms with Gasteiger partial charge in [-0.25, -0.2) is 0 Å². The molecular formula is C44H44FN3O6Si. The molecule has 0 unspecified atom stereocenters. The maximum absolute atomic E-state index is 16.5. The topological polar surface area (TPSA) is 99.6 Å². The molecule has 0 aliphatic carbocycles. The average molecular weight is 758 g/mol. The van der Waals surface area contributed by atoms with Gasteiger partial charge in [-0.1, -0.05) is 73.7 Å². The quantitative estimate of drug-likeness (QED) is 0.109. The molecule has 3 amide bonds. The zero-order valence-electron chi connectivity index (χ0n) is 31.4. The van der Waals surface area contributed by atoms with Crippen molar-refractivity contribution in [2.45, 2.75) is 56.8 Å². The predicted molar refractivity (Wildman–Crippen MR) is 213 cm³/mol. The SMILES string of the molecule is COc1ccc2c(c1)[C@]1(O[C@@H](CC(=O)N(CCO)Cc3ccccc3)[C@H]([Si](C)(C)F)[C@H]1C)C(=O)N2Cc1ccc(N2C(=O)c3cccc4cccc2c34)cc1. The first-order valence-electron chi connectivity index (χ1n) is 18.7. The Morgan fingerprint density at radius 1 is 0.927 bits per heavy atom. The minimum Gasteiger partial charge on any atom is -0.497 e. The molecule has 0 bridgehead atoms. The van der Waals surface area contributed by atoms with Crippen LogP contribution >= 0.6 is 0 Å². The summed E-state index contributed by atoms with van der Waals surface area (Å²) >= 11 is 0. The van der Waals surface area contributed by atoms with E-state index in [9.17, 15) is 14.7 Å². The minimum atomic E-state index is -3.55. The number of hydrogen-bond acceptors (Lipinski definition) is 6. The van der Waals surface area contributed by atoms with Crippen LogP contribution in [0, 0.1) is 5.92 Å². The molecule has 9 nitrogen and oxygen atoms in total. The molecule has 5 aromatic rings. The fourth-order valence-corrected chi connectivity index (χ4v) is 11.6. The van der Waals surface area contributed by atoms with Gasteiger partial charge >= 0.3 is 0 Å². The molecule has 55 heavy (non-hydrogen) atoms. The molecule has 4 atom stereocenters. The Balaban J connectivity index is 1.10. The Morgan fingerprint density at radius 3 is 2.35 bits per heavy atom. The maximum atomic E-state index is 16.5. The van der Waals surface area contributed by atoms with E-state index < -0.39 is 31.6 Å². The third-order valence-corrected chi connectivity index (χ3v) is 14.0. The van der Waals surface area contributed by atoms with Crippen molar-refractivity contribution in [3.63, 3.8) is 0 Å². The molecular weight excluding hydrogens is 714 g/mol. The standard InChI is InChI=1S/C44H44FN3O6Si/c1-28-41(55(3,4)45)38(25-39(50)46(22-23-49)26-29-10-6-5-7-11-29)54-44(28)35-24-33(53-2)20-21-36(35)47(43(44)52)27-30-16-18-32(19-17-30)48-37-15-9-13-31-12-8-14-34(40(31)37)42(48)51/h5-21,24,28,38,41,49H,22-23,25-27H2,1-4H3/t28-,38+,41-,44+/m1/s1. The third-order valence-electron chi connectivity index (χ3n) is 11.6. The summed E-state index contributed by atoms with van der Waals surface area (Å²) in [5, 5.41) is 11.8. The van der Waals surface area contributed by atoms with E-state index in [0.29, 0.717) is 28.3 Å². The van der Waals surface area contributed by atoms with E-state index in [1.807, 2.05) is 104 Å². The Bertz CT molecular complexity index is 2290. The summed E-state index contributed by atoms with van der Waals surface area (Å²) < 4.78 is 29.0. The van der Waals surface area contributed by atoms with Crippen LogP contribution in [0.1, 0.15) is 40.4 Å². The number of aliphatic hydroxyl groups is 1. The van der Waals surface area contributed by atoms with E-state index in [0.717, 1.165) is 27.6 Å². The van der Waals surface area contributed by atoms with E-state index >= 15 is 8.90 Å². The molecule has 1 spiro atoms. The Labute approximate surface area is 321 Å². The molecule has 3 aliphatic heterocycles. The van der Waals surface area contributed by atoms with Gasteiger partial charge in [0.05, 0.1) is 49.7 Å². The fraction of sp³-hybridized carbons (Fsp3) is 0.295. The van der Waals surface area contributed by atoms with Gasteiger partial charge in [-0.15, -0.1) is 0 Å². The lowest BCUT2D eigenvalue weighted by atomic mass is 9.82. The van der Waals surface area contributed by atoms with Crippen molar-refractivity contribution < 1.29 is 33.1 Å². The number of hydrogen-bond donors (Lipinski definition) is 1. The maximum Gasteiger partial charge on any atom is 0.264 e. The molecule has 11 heteroatoms. The van der Waals surface area contributed by atoms with Crippen molar-refractivity contribution in [1.82, 2.24) is 4.90 Å². The van der Waals surface area contributed by atoms with Gasteiger partial charge in [0.15, 0.2) is 5.60 Å². The number of halogens is 1. The molecule has 1 saturated heterocycles. The average Bonchev–Trinajstić information content (AvgIpc) is 3.73. The van der Waals surface area contributed by atoms with Crippen LogP contribution in [0.15, 0.2) is 109 Å². The normalized spacial score (nSPS) is 21.5. The zero-order valence-corrected chi connectivity index (χ0v) is 32.4. The highest BCUT2D eigenvalue weighted by Gasteiger charge is 2.67. The van der Waals surface area contributed by atoms with Crippen LogP contribution in [0.5, 0.6) is 5.75 Å². The van der Waals surface area contributed by atoms with E-state index in [1.54, 1.807) is 47.0 Å². The number of rotatable bonds is 11. The van der Waals surface area contributed by atoms with Gasteiger partial charge in [-0.2, -0.15) is 0 Å². The highest BCUT2D eigenvalue weighted by Crippen LogP contribution is 2.61. The number of carbonyl (C=O) groups is 3. The van der Waals surface area contributed by atoms with Crippen LogP contribution in [0.4, 0.5) is 21.2 Å². The highest BCUT2D eigenvalue weighted by molar-refractivity contribution is 6.72. The summed E-state index contributed by atoms with van der Waals surface area (Å²) in [4.78, 5) is 47.5. The molecule has 282 valence electrons. The summed E-state index contributed by atoms with van der Waals surface area (Å²) in [5.74, 6) is -0.760. The van der Waals surface area contributed by atoms with Crippen molar-refractivity contribution in [3.8, 4) is 5.75 Å². The van der Waals surface area contributed by atoms with Gasteiger partial charge in [0, 0.05) is 41.2 Å². The number of benzene rings is 5. The smallest absolute Gasteiger partial charge is 0.264 e. The van der Waals surface area contributed by atoms with Gasteiger partial charge in [0.2, 0.25) is 14.3 Å². The Hall–Kier alpha value is -5.36. The molecule has 1 fully saturated rings. The third kappa shape index (κ3) is 6.10. The molecule has 1 N–H and O–H groups in total. The number of amides is 3. The van der Waals surface area contributed by atoms with Crippen molar-refractivity contribution in [2.24, 2.45) is 5.92 Å². The summed E-state index contributed by atoms with van der Waals surface area (Å²) in [6.45, 7) is 5.46. The Morgan fingerprint density at radius 2 is 1.65 bits per heavy atom. The summed E-state index contributed by atoms with van der Waals surface area (Å²) in [5.41, 5.74) is 2.93. The molecule has 8 rings (SSSR count). The monoisotopic (exact) mass is 757 g/mol. The molecule has 3 aliphatic rings. The zero-order chi connectivity index (χ0) is 38.6. The highest BCUT2D eigenvalue weighted by atomic mass is 28.4. The van der Waals surface area contributed by atoms with Crippen LogP contribution < -0.4 is 14.5 Å². The minimum absolute atomic E-state index is 0.0899. The largest absolute Gasteiger partial charge is 0.497 e. The summed E-state index contributed by atoms with van der Waals surface area (Å²) in [6.07, 6.45) is -1.01. The first kappa shape index (κ1) is 36.6. The van der Waals surface area contributed by atoms with E-state index in [2.05, 4.69) is 0 Å². The number of aliphatic hydroxyl groups excluding tert-OH is 1. The van der Waals surface area contributed by atoms with E-state index in [1.165, 1.54) is 0 Å². The molecule has 0 aromatic heterocycles. The van der Waals surface area contributed by atoms with Crippen molar-refractivity contribution in [2.75, 3.05) is 30.1 Å². The predicted octanol–water partition coefficient (Wildman–Crippen LogP) is 7.87. The van der Waals surface area contributed by atoms with Gasteiger partial charge in [-0.05, 0) is 72.1 Å². The second kappa shape index (κ2) is 14.0. The number of carbonyl (C=O) groups excluding carboxylic acids is 3. The molecule has 5 aromatic carbocycles. The number of fused-ring (bicyclic) bond motifs is 2.